The Hall–Kier alpha value is -4.34. The first kappa shape index (κ1) is 23.9. The largest absolute Gasteiger partial charge is 0.462 e. The van der Waals surface area contributed by atoms with Gasteiger partial charge < -0.3 is 14.8 Å². The zero-order valence-electron chi connectivity index (χ0n) is 17.1. The molecule has 0 spiro atoms. The Labute approximate surface area is 183 Å². The first-order valence-corrected chi connectivity index (χ1v) is 9.40. The molecule has 32 heavy (non-hydrogen) atoms. The van der Waals surface area contributed by atoms with E-state index < -0.39 is 29.1 Å². The number of hydrogen-bond acceptors (Lipinski definition) is 8. The lowest BCUT2D eigenvalue weighted by molar-refractivity contribution is -0.384. The molecule has 1 amide bonds. The second-order valence-corrected chi connectivity index (χ2v) is 6.44. The zero-order chi connectivity index (χ0) is 23.5. The molecule has 166 valence electrons. The monoisotopic (exact) mass is 440 g/mol. The number of amides is 1. The first-order chi connectivity index (χ1) is 15.2. The van der Waals surface area contributed by atoms with Crippen LogP contribution in [0.4, 0.5) is 11.4 Å². The van der Waals surface area contributed by atoms with Gasteiger partial charge in [-0.05, 0) is 35.9 Å². The van der Waals surface area contributed by atoms with Crippen molar-refractivity contribution in [3.05, 3.63) is 75.8 Å². The number of anilines is 1. The summed E-state index contributed by atoms with van der Waals surface area (Å²) in [6.07, 6.45) is 1.97. The summed E-state index contributed by atoms with van der Waals surface area (Å²) in [4.78, 5) is 56.6. The Morgan fingerprint density at radius 2 is 1.72 bits per heavy atom. The molecule has 0 saturated heterocycles. The molecule has 0 radical (unpaired) electrons. The summed E-state index contributed by atoms with van der Waals surface area (Å²) in [5, 5.41) is 13.3. The molecule has 10 heteroatoms. The summed E-state index contributed by atoms with van der Waals surface area (Å²) in [7, 11) is 0. The van der Waals surface area contributed by atoms with E-state index in [0.29, 0.717) is 11.3 Å². The van der Waals surface area contributed by atoms with Crippen LogP contribution < -0.4 is 5.32 Å². The minimum Gasteiger partial charge on any atom is -0.462 e. The molecule has 0 bridgehead atoms. The van der Waals surface area contributed by atoms with Crippen LogP contribution in [0.15, 0.2) is 54.6 Å². The van der Waals surface area contributed by atoms with Crippen LogP contribution in [0.1, 0.15) is 29.3 Å². The molecule has 1 N–H and O–H groups in total. The van der Waals surface area contributed by atoms with E-state index in [9.17, 15) is 29.3 Å². The molecule has 0 aliphatic carbocycles. The number of hydrogen-bond donors (Lipinski definition) is 1. The molecule has 2 rings (SSSR count). The Kier molecular flexibility index (Phi) is 8.78. The summed E-state index contributed by atoms with van der Waals surface area (Å²) in [5.74, 6) is -2.21. The third kappa shape index (κ3) is 8.19. The maximum atomic E-state index is 11.9. The number of esters is 2. The minimum absolute atomic E-state index is 0.114. The van der Waals surface area contributed by atoms with E-state index in [4.69, 9.17) is 9.47 Å². The van der Waals surface area contributed by atoms with Crippen LogP contribution >= 0.6 is 0 Å². The highest BCUT2D eigenvalue weighted by Crippen LogP contribution is 2.14. The van der Waals surface area contributed by atoms with Crippen molar-refractivity contribution in [2.45, 2.75) is 13.3 Å². The number of benzene rings is 2. The number of nitro benzene ring substituents is 1. The smallest absolute Gasteiger partial charge is 0.338 e. The van der Waals surface area contributed by atoms with Crippen molar-refractivity contribution in [3.63, 3.8) is 0 Å². The summed E-state index contributed by atoms with van der Waals surface area (Å²) in [6.45, 7) is 0.941. The van der Waals surface area contributed by atoms with Crippen molar-refractivity contribution in [1.82, 2.24) is 0 Å². The van der Waals surface area contributed by atoms with E-state index >= 15 is 0 Å². The summed E-state index contributed by atoms with van der Waals surface area (Å²) >= 11 is 0. The molecule has 0 aliphatic heterocycles. The number of nitro groups is 1. The molecule has 10 nitrogen and oxygen atoms in total. The Morgan fingerprint density at radius 1 is 1.03 bits per heavy atom. The van der Waals surface area contributed by atoms with Gasteiger partial charge in [0.05, 0.1) is 10.5 Å². The van der Waals surface area contributed by atoms with Gasteiger partial charge in [-0.2, -0.15) is 0 Å². The lowest BCUT2D eigenvalue weighted by Crippen LogP contribution is -2.15. The van der Waals surface area contributed by atoms with E-state index in [2.05, 4.69) is 5.32 Å². The molecular weight excluding hydrogens is 420 g/mol. The quantitative estimate of drug-likeness (QED) is 0.148. The molecular formula is C22H20N2O8. The van der Waals surface area contributed by atoms with E-state index in [1.165, 1.54) is 43.3 Å². The third-order valence-electron chi connectivity index (χ3n) is 3.88. The van der Waals surface area contributed by atoms with Crippen LogP contribution in [0.2, 0.25) is 0 Å². The lowest BCUT2D eigenvalue weighted by Gasteiger charge is -2.07. The molecule has 0 unspecified atom stereocenters. The highest BCUT2D eigenvalue weighted by molar-refractivity contribution is 6.04. The highest BCUT2D eigenvalue weighted by atomic mass is 16.6. The summed E-state index contributed by atoms with van der Waals surface area (Å²) in [5.41, 5.74) is 1.12. The number of non-ortho nitro benzene ring substituents is 1. The molecule has 0 aromatic heterocycles. The number of carbonyl (C=O) groups is 4. The fraction of sp³-hybridized carbons (Fsp3) is 0.182. The number of ether oxygens (including phenoxy) is 2. The lowest BCUT2D eigenvalue weighted by atomic mass is 10.1. The predicted molar refractivity (Wildman–Crippen MR) is 114 cm³/mol. The molecule has 0 heterocycles. The average Bonchev–Trinajstić information content (AvgIpc) is 2.75. The van der Waals surface area contributed by atoms with Gasteiger partial charge in [0.25, 0.3) is 5.69 Å². The second kappa shape index (κ2) is 11.7. The van der Waals surface area contributed by atoms with E-state index in [1.807, 2.05) is 0 Å². The van der Waals surface area contributed by atoms with Gasteiger partial charge in [-0.1, -0.05) is 18.2 Å². The number of carbonyl (C=O) groups excluding carboxylic acids is 4. The molecule has 2 aromatic carbocycles. The Balaban J connectivity index is 1.71. The van der Waals surface area contributed by atoms with E-state index in [-0.39, 0.29) is 30.4 Å². The Morgan fingerprint density at radius 3 is 2.38 bits per heavy atom. The fourth-order valence-electron chi connectivity index (χ4n) is 2.45. The van der Waals surface area contributed by atoms with Crippen molar-refractivity contribution >= 4 is 41.1 Å². The standard InChI is InChI=1S/C22H20N2O8/c1-15(25)23-18-8-6-17(7-9-18)22(28)32-12-11-31-21(27)14-20(26)10-5-16-3-2-4-19(13-16)24(29)30/h2-10,13H,11-12,14H2,1H3,(H,23,25)/b10-5-. The van der Waals surface area contributed by atoms with Crippen LogP contribution in [-0.4, -0.2) is 41.8 Å². The highest BCUT2D eigenvalue weighted by Gasteiger charge is 2.11. The molecule has 0 fully saturated rings. The van der Waals surface area contributed by atoms with Gasteiger partial charge in [0, 0.05) is 24.7 Å². The van der Waals surface area contributed by atoms with Crippen molar-refractivity contribution in [2.75, 3.05) is 18.5 Å². The van der Waals surface area contributed by atoms with Gasteiger partial charge in [-0.25, -0.2) is 4.79 Å². The van der Waals surface area contributed by atoms with E-state index in [0.717, 1.165) is 6.08 Å². The minimum atomic E-state index is -0.797. The van der Waals surface area contributed by atoms with Gasteiger partial charge in [0.15, 0.2) is 5.78 Å². The molecule has 2 aromatic rings. The fourth-order valence-corrected chi connectivity index (χ4v) is 2.45. The predicted octanol–water partition coefficient (Wildman–Crippen LogP) is 2.93. The molecule has 0 atom stereocenters. The van der Waals surface area contributed by atoms with Gasteiger partial charge >= 0.3 is 11.9 Å². The van der Waals surface area contributed by atoms with Gasteiger partial charge in [-0.15, -0.1) is 0 Å². The number of nitrogens with one attached hydrogen (secondary N) is 1. The van der Waals surface area contributed by atoms with Gasteiger partial charge in [-0.3, -0.25) is 24.5 Å². The number of rotatable bonds is 10. The molecule has 0 aliphatic rings. The van der Waals surface area contributed by atoms with Gasteiger partial charge in [0.2, 0.25) is 5.91 Å². The van der Waals surface area contributed by atoms with Crippen LogP contribution in [0.3, 0.4) is 0 Å². The topological polar surface area (TPSA) is 142 Å². The van der Waals surface area contributed by atoms with Crippen molar-refractivity contribution < 1.29 is 33.6 Å². The third-order valence-corrected chi connectivity index (χ3v) is 3.88. The van der Waals surface area contributed by atoms with Crippen molar-refractivity contribution in [3.8, 4) is 0 Å². The van der Waals surface area contributed by atoms with Crippen LogP contribution in [-0.2, 0) is 23.9 Å². The number of allylic oxidation sites excluding steroid dienone is 1. The second-order valence-electron chi connectivity index (χ2n) is 6.44. The van der Waals surface area contributed by atoms with Crippen molar-refractivity contribution in [1.29, 1.82) is 0 Å². The first-order valence-electron chi connectivity index (χ1n) is 9.40. The summed E-state index contributed by atoms with van der Waals surface area (Å²) < 4.78 is 9.84. The maximum absolute atomic E-state index is 11.9. The zero-order valence-corrected chi connectivity index (χ0v) is 17.1. The number of ketones is 1. The average molecular weight is 440 g/mol. The summed E-state index contributed by atoms with van der Waals surface area (Å²) in [6, 6.07) is 11.7. The Bertz CT molecular complexity index is 1040. The van der Waals surface area contributed by atoms with Crippen LogP contribution in [0.5, 0.6) is 0 Å². The van der Waals surface area contributed by atoms with Gasteiger partial charge in [0.1, 0.15) is 19.6 Å². The number of nitrogens with zero attached hydrogens (tertiary/aromatic N) is 1. The van der Waals surface area contributed by atoms with Crippen LogP contribution in [0, 0.1) is 10.1 Å². The van der Waals surface area contributed by atoms with E-state index in [1.54, 1.807) is 18.2 Å². The maximum Gasteiger partial charge on any atom is 0.338 e. The molecule has 0 saturated carbocycles. The SMILES string of the molecule is CC(=O)Nc1ccc(C(=O)OCCOC(=O)CC(=O)/C=C\c2cccc([N+](=O)[O-])c2)cc1. The normalized spacial score (nSPS) is 10.4. The van der Waals surface area contributed by atoms with Crippen LogP contribution in [0.25, 0.3) is 6.08 Å². The van der Waals surface area contributed by atoms with Crippen molar-refractivity contribution in [2.24, 2.45) is 0 Å².